The molecule has 98 valence electrons. The third-order valence-electron chi connectivity index (χ3n) is 4.52. The summed E-state index contributed by atoms with van der Waals surface area (Å²) in [5.41, 5.74) is 0. The van der Waals surface area contributed by atoms with Gasteiger partial charge in [0.15, 0.2) is 0 Å². The van der Waals surface area contributed by atoms with Gasteiger partial charge in [-0.2, -0.15) is 0 Å². The molecule has 0 N–H and O–H groups in total. The topological polar surface area (TPSA) is 3.24 Å². The van der Waals surface area contributed by atoms with Gasteiger partial charge in [0.25, 0.3) is 0 Å². The van der Waals surface area contributed by atoms with Gasteiger partial charge in [0.05, 0.1) is 0 Å². The van der Waals surface area contributed by atoms with Gasteiger partial charge in [-0.05, 0) is 57.0 Å². The Morgan fingerprint density at radius 2 is 1.71 bits per heavy atom. The Hall–Kier alpha value is -0.300. The van der Waals surface area contributed by atoms with Crippen molar-refractivity contribution in [1.29, 1.82) is 0 Å². The summed E-state index contributed by atoms with van der Waals surface area (Å²) in [4.78, 5) is 2.73. The summed E-state index contributed by atoms with van der Waals surface area (Å²) < 4.78 is 0. The largest absolute Gasteiger partial charge is 0.303 e. The molecule has 1 saturated carbocycles. The van der Waals surface area contributed by atoms with E-state index >= 15 is 0 Å². The molecule has 1 aliphatic heterocycles. The first-order chi connectivity index (χ1) is 8.38. The fraction of sp³-hybridized carbons (Fsp3) is 0.875. The van der Waals surface area contributed by atoms with Crippen molar-refractivity contribution in [2.75, 3.05) is 19.6 Å². The highest BCUT2D eigenvalue weighted by Crippen LogP contribution is 2.26. The molecular formula is C16H29N. The van der Waals surface area contributed by atoms with Crippen LogP contribution in [0, 0.1) is 11.8 Å². The van der Waals surface area contributed by atoms with Crippen LogP contribution in [0.2, 0.25) is 0 Å². The summed E-state index contributed by atoms with van der Waals surface area (Å²) in [6.07, 6.45) is 16.2. The Morgan fingerprint density at radius 1 is 1.00 bits per heavy atom. The standard InChI is InChI=1S/C16H29N/c1-2-3-7-15-10-12-17(13-11-15)14-16-8-5-4-6-9-16/h3,7,15-16H,2,4-6,8-14H2,1H3/b7-3+. The average molecular weight is 235 g/mol. The molecule has 1 nitrogen and oxygen atoms in total. The molecule has 17 heavy (non-hydrogen) atoms. The lowest BCUT2D eigenvalue weighted by Gasteiger charge is -2.34. The SMILES string of the molecule is CC/C=C/C1CCN(CC2CCCCC2)CC1. The van der Waals surface area contributed by atoms with Crippen LogP contribution >= 0.6 is 0 Å². The molecule has 1 heteroatoms. The van der Waals surface area contributed by atoms with Crippen LogP contribution in [0.25, 0.3) is 0 Å². The molecule has 0 amide bonds. The number of hydrogen-bond donors (Lipinski definition) is 0. The number of allylic oxidation sites excluding steroid dienone is 2. The van der Waals surface area contributed by atoms with Crippen molar-refractivity contribution in [2.24, 2.45) is 11.8 Å². The van der Waals surface area contributed by atoms with Crippen LogP contribution in [-0.4, -0.2) is 24.5 Å². The van der Waals surface area contributed by atoms with E-state index in [1.165, 1.54) is 71.0 Å². The van der Waals surface area contributed by atoms with Crippen LogP contribution in [0.5, 0.6) is 0 Å². The molecule has 0 aromatic heterocycles. The first kappa shape index (κ1) is 13.1. The summed E-state index contributed by atoms with van der Waals surface area (Å²) in [6.45, 7) is 6.31. The Bertz CT molecular complexity index is 220. The molecule has 1 aliphatic carbocycles. The minimum absolute atomic E-state index is 0.873. The first-order valence-electron chi connectivity index (χ1n) is 7.77. The zero-order chi connectivity index (χ0) is 11.9. The van der Waals surface area contributed by atoms with Crippen molar-refractivity contribution in [2.45, 2.75) is 58.3 Å². The lowest BCUT2D eigenvalue weighted by Crippen LogP contribution is -2.37. The van der Waals surface area contributed by atoms with E-state index in [0.717, 1.165) is 11.8 Å². The van der Waals surface area contributed by atoms with Crippen LogP contribution in [-0.2, 0) is 0 Å². The second-order valence-corrected chi connectivity index (χ2v) is 5.98. The maximum atomic E-state index is 2.73. The molecule has 2 fully saturated rings. The maximum absolute atomic E-state index is 2.73. The molecule has 0 radical (unpaired) electrons. The van der Waals surface area contributed by atoms with Crippen molar-refractivity contribution in [3.63, 3.8) is 0 Å². The predicted octanol–water partition coefficient (Wildman–Crippen LogP) is 4.24. The first-order valence-corrected chi connectivity index (χ1v) is 7.77. The Morgan fingerprint density at radius 3 is 2.35 bits per heavy atom. The minimum Gasteiger partial charge on any atom is -0.303 e. The van der Waals surface area contributed by atoms with Crippen LogP contribution in [0.3, 0.4) is 0 Å². The highest BCUT2D eigenvalue weighted by Gasteiger charge is 2.21. The van der Waals surface area contributed by atoms with Crippen molar-refractivity contribution in [3.05, 3.63) is 12.2 Å². The molecule has 1 heterocycles. The summed E-state index contributed by atoms with van der Waals surface area (Å²) >= 11 is 0. The molecule has 0 bridgehead atoms. The second kappa shape index (κ2) is 7.20. The molecular weight excluding hydrogens is 206 g/mol. The molecule has 2 rings (SSSR count). The third kappa shape index (κ3) is 4.46. The van der Waals surface area contributed by atoms with E-state index in [1.807, 2.05) is 0 Å². The maximum Gasteiger partial charge on any atom is 0.000966 e. The van der Waals surface area contributed by atoms with E-state index in [-0.39, 0.29) is 0 Å². The third-order valence-corrected chi connectivity index (χ3v) is 4.52. The van der Waals surface area contributed by atoms with Gasteiger partial charge >= 0.3 is 0 Å². The Balaban J connectivity index is 1.66. The van der Waals surface area contributed by atoms with Gasteiger partial charge in [-0.1, -0.05) is 38.3 Å². The molecule has 0 aromatic rings. The highest BCUT2D eigenvalue weighted by atomic mass is 15.1. The lowest BCUT2D eigenvalue weighted by molar-refractivity contribution is 0.158. The zero-order valence-corrected chi connectivity index (χ0v) is 11.5. The van der Waals surface area contributed by atoms with Crippen LogP contribution < -0.4 is 0 Å². The Labute approximate surface area is 107 Å². The summed E-state index contributed by atoms with van der Waals surface area (Å²) in [7, 11) is 0. The number of nitrogens with zero attached hydrogens (tertiary/aromatic N) is 1. The normalized spacial score (nSPS) is 25.7. The smallest absolute Gasteiger partial charge is 0.000966 e. The quantitative estimate of drug-likeness (QED) is 0.659. The molecule has 2 aliphatic rings. The summed E-state index contributed by atoms with van der Waals surface area (Å²) in [5.74, 6) is 1.89. The second-order valence-electron chi connectivity index (χ2n) is 5.98. The summed E-state index contributed by atoms with van der Waals surface area (Å²) in [5, 5.41) is 0. The average Bonchev–Trinajstić information content (AvgIpc) is 2.39. The van der Waals surface area contributed by atoms with Gasteiger partial charge < -0.3 is 4.90 Å². The minimum atomic E-state index is 0.873. The molecule has 1 saturated heterocycles. The van der Waals surface area contributed by atoms with E-state index in [0.29, 0.717) is 0 Å². The van der Waals surface area contributed by atoms with E-state index in [9.17, 15) is 0 Å². The fourth-order valence-electron chi connectivity index (χ4n) is 3.39. The molecule has 0 unspecified atom stereocenters. The van der Waals surface area contributed by atoms with Gasteiger partial charge in [0, 0.05) is 6.54 Å². The van der Waals surface area contributed by atoms with Crippen LogP contribution in [0.15, 0.2) is 12.2 Å². The van der Waals surface area contributed by atoms with Gasteiger partial charge in [-0.3, -0.25) is 0 Å². The lowest BCUT2D eigenvalue weighted by atomic mass is 9.88. The van der Waals surface area contributed by atoms with E-state index < -0.39 is 0 Å². The monoisotopic (exact) mass is 235 g/mol. The highest BCUT2D eigenvalue weighted by molar-refractivity contribution is 4.90. The molecule has 0 spiro atoms. The van der Waals surface area contributed by atoms with E-state index in [4.69, 9.17) is 0 Å². The summed E-state index contributed by atoms with van der Waals surface area (Å²) in [6, 6.07) is 0. The van der Waals surface area contributed by atoms with Crippen molar-refractivity contribution < 1.29 is 0 Å². The zero-order valence-electron chi connectivity index (χ0n) is 11.5. The van der Waals surface area contributed by atoms with Gasteiger partial charge in [0.1, 0.15) is 0 Å². The van der Waals surface area contributed by atoms with E-state index in [2.05, 4.69) is 24.0 Å². The van der Waals surface area contributed by atoms with Crippen LogP contribution in [0.4, 0.5) is 0 Å². The number of likely N-dealkylation sites (tertiary alicyclic amines) is 1. The van der Waals surface area contributed by atoms with Gasteiger partial charge in [-0.25, -0.2) is 0 Å². The van der Waals surface area contributed by atoms with Crippen molar-refractivity contribution >= 4 is 0 Å². The van der Waals surface area contributed by atoms with Crippen molar-refractivity contribution in [1.82, 2.24) is 4.90 Å². The number of piperidine rings is 1. The fourth-order valence-corrected chi connectivity index (χ4v) is 3.39. The predicted molar refractivity (Wildman–Crippen MR) is 75.2 cm³/mol. The number of rotatable bonds is 4. The molecule has 0 atom stereocenters. The van der Waals surface area contributed by atoms with Crippen LogP contribution in [0.1, 0.15) is 58.3 Å². The Kier molecular flexibility index (Phi) is 5.57. The number of hydrogen-bond acceptors (Lipinski definition) is 1. The molecule has 0 aromatic carbocycles. The van der Waals surface area contributed by atoms with Gasteiger partial charge in [-0.15, -0.1) is 0 Å². The van der Waals surface area contributed by atoms with Crippen molar-refractivity contribution in [3.8, 4) is 0 Å². The van der Waals surface area contributed by atoms with E-state index in [1.54, 1.807) is 0 Å². The van der Waals surface area contributed by atoms with Gasteiger partial charge in [0.2, 0.25) is 0 Å².